The summed E-state index contributed by atoms with van der Waals surface area (Å²) in [5.74, 6) is 0.239. The van der Waals surface area contributed by atoms with Crippen molar-refractivity contribution in [2.45, 2.75) is 12.8 Å². The van der Waals surface area contributed by atoms with Crippen LogP contribution in [0.15, 0.2) is 47.8 Å². The second-order valence-electron chi connectivity index (χ2n) is 6.22. The van der Waals surface area contributed by atoms with E-state index in [-0.39, 0.29) is 12.3 Å². The third kappa shape index (κ3) is 6.44. The van der Waals surface area contributed by atoms with Crippen LogP contribution in [-0.2, 0) is 22.4 Å². The summed E-state index contributed by atoms with van der Waals surface area (Å²) in [5, 5.41) is 6.80. The summed E-state index contributed by atoms with van der Waals surface area (Å²) in [7, 11) is 1.59. The number of amides is 1. The Labute approximate surface area is 183 Å². The van der Waals surface area contributed by atoms with Gasteiger partial charge in [-0.15, -0.1) is 11.3 Å². The Morgan fingerprint density at radius 2 is 2.00 bits per heavy atom. The third-order valence-corrected chi connectivity index (χ3v) is 5.39. The summed E-state index contributed by atoms with van der Waals surface area (Å²) < 4.78 is 10.6. The molecule has 0 fully saturated rings. The number of rotatable bonds is 9. The summed E-state index contributed by atoms with van der Waals surface area (Å²) in [4.78, 5) is 17.1. The molecule has 0 saturated heterocycles. The van der Waals surface area contributed by atoms with Gasteiger partial charge in [0, 0.05) is 23.9 Å². The molecule has 0 bridgehead atoms. The predicted molar refractivity (Wildman–Crippen MR) is 118 cm³/mol. The Balaban J connectivity index is 1.61. The van der Waals surface area contributed by atoms with Crippen LogP contribution >= 0.6 is 34.5 Å². The van der Waals surface area contributed by atoms with Gasteiger partial charge in [-0.2, -0.15) is 0 Å². The topological polar surface area (TPSA) is 60.5 Å². The van der Waals surface area contributed by atoms with Crippen LogP contribution in [0.5, 0.6) is 5.75 Å². The van der Waals surface area contributed by atoms with Gasteiger partial charge in [0.1, 0.15) is 6.61 Å². The lowest BCUT2D eigenvalue weighted by atomic mass is 10.2. The van der Waals surface area contributed by atoms with Crippen LogP contribution in [0.25, 0.3) is 0 Å². The molecule has 1 aromatic heterocycles. The van der Waals surface area contributed by atoms with Crippen LogP contribution in [0.1, 0.15) is 16.3 Å². The molecule has 0 aliphatic carbocycles. The summed E-state index contributed by atoms with van der Waals surface area (Å²) in [6.45, 7) is 0.759. The molecule has 0 aliphatic heterocycles. The van der Waals surface area contributed by atoms with E-state index in [1.165, 1.54) is 11.3 Å². The van der Waals surface area contributed by atoms with E-state index >= 15 is 0 Å². The molecule has 3 aromatic rings. The number of hydrogen-bond acceptors (Lipinski definition) is 5. The van der Waals surface area contributed by atoms with E-state index in [0.29, 0.717) is 46.8 Å². The molecule has 3 rings (SSSR count). The first kappa shape index (κ1) is 21.6. The Kier molecular flexibility index (Phi) is 7.89. The molecule has 1 heterocycles. The molecule has 1 amide bonds. The highest BCUT2D eigenvalue weighted by Gasteiger charge is 2.13. The Hall–Kier alpha value is -2.12. The number of carbonyl (C=O) groups is 1. The maximum atomic E-state index is 12.5. The van der Waals surface area contributed by atoms with Gasteiger partial charge in [-0.3, -0.25) is 4.79 Å². The summed E-state index contributed by atoms with van der Waals surface area (Å²) in [6.07, 6.45) is 0.842. The van der Waals surface area contributed by atoms with Gasteiger partial charge in [0.05, 0.1) is 34.4 Å². The van der Waals surface area contributed by atoms with Gasteiger partial charge < -0.3 is 14.8 Å². The lowest BCUT2D eigenvalue weighted by Gasteiger charge is -2.13. The Morgan fingerprint density at radius 1 is 1.17 bits per heavy atom. The summed E-state index contributed by atoms with van der Waals surface area (Å²) >= 11 is 13.8. The van der Waals surface area contributed by atoms with E-state index in [0.717, 1.165) is 10.6 Å². The number of anilines is 1. The number of nitrogens with one attached hydrogen (secondary N) is 1. The van der Waals surface area contributed by atoms with Gasteiger partial charge in [0.25, 0.3) is 0 Å². The standard InChI is InChI=1S/C21H20Cl2N2O3S/c1-27-8-9-28-21-17(23)6-3-7-18(21)25-19(26)12-16-13-29-20(24-16)11-14-4-2-5-15(22)10-14/h2-7,10,13H,8-9,11-12H2,1H3,(H,25,26). The van der Waals surface area contributed by atoms with E-state index < -0.39 is 0 Å². The number of halogens is 2. The number of benzene rings is 2. The number of nitrogens with zero attached hydrogens (tertiary/aromatic N) is 1. The van der Waals surface area contributed by atoms with E-state index in [2.05, 4.69) is 10.3 Å². The number of carbonyl (C=O) groups excluding carboxylic acids is 1. The van der Waals surface area contributed by atoms with E-state index in [4.69, 9.17) is 32.7 Å². The van der Waals surface area contributed by atoms with Crippen molar-refractivity contribution in [1.29, 1.82) is 0 Å². The molecule has 2 aromatic carbocycles. The van der Waals surface area contributed by atoms with Crippen LogP contribution in [0.2, 0.25) is 10.0 Å². The van der Waals surface area contributed by atoms with Crippen molar-refractivity contribution >= 4 is 46.1 Å². The number of ether oxygens (including phenoxy) is 2. The highest BCUT2D eigenvalue weighted by atomic mass is 35.5. The Bertz CT molecular complexity index is 978. The van der Waals surface area contributed by atoms with Crippen molar-refractivity contribution in [1.82, 2.24) is 4.98 Å². The second kappa shape index (κ2) is 10.6. The van der Waals surface area contributed by atoms with Crippen LogP contribution in [0.4, 0.5) is 5.69 Å². The van der Waals surface area contributed by atoms with Gasteiger partial charge in [0.2, 0.25) is 5.91 Å². The molecule has 8 heteroatoms. The van der Waals surface area contributed by atoms with Crippen molar-refractivity contribution in [2.75, 3.05) is 25.6 Å². The van der Waals surface area contributed by atoms with Gasteiger partial charge in [0.15, 0.2) is 5.75 Å². The fourth-order valence-electron chi connectivity index (χ4n) is 2.67. The van der Waals surface area contributed by atoms with Crippen molar-refractivity contribution in [2.24, 2.45) is 0 Å². The molecular weight excluding hydrogens is 431 g/mol. The number of aromatic nitrogens is 1. The molecule has 0 spiro atoms. The van der Waals surface area contributed by atoms with Crippen molar-refractivity contribution in [3.05, 3.63) is 74.2 Å². The van der Waals surface area contributed by atoms with Gasteiger partial charge in [-0.05, 0) is 29.8 Å². The minimum atomic E-state index is -0.191. The van der Waals surface area contributed by atoms with Crippen LogP contribution in [0.3, 0.4) is 0 Å². The zero-order chi connectivity index (χ0) is 20.6. The van der Waals surface area contributed by atoms with Gasteiger partial charge in [-0.1, -0.05) is 41.4 Å². The lowest BCUT2D eigenvalue weighted by Crippen LogP contribution is -2.16. The van der Waals surface area contributed by atoms with E-state index in [1.54, 1.807) is 25.3 Å². The minimum absolute atomic E-state index is 0.163. The van der Waals surface area contributed by atoms with Crippen molar-refractivity contribution < 1.29 is 14.3 Å². The SMILES string of the molecule is COCCOc1c(Cl)cccc1NC(=O)Cc1csc(Cc2cccc(Cl)c2)n1. The molecule has 0 saturated carbocycles. The monoisotopic (exact) mass is 450 g/mol. The normalized spacial score (nSPS) is 10.7. The molecule has 152 valence electrons. The largest absolute Gasteiger partial charge is 0.487 e. The number of para-hydroxylation sites is 1. The zero-order valence-corrected chi connectivity index (χ0v) is 18.1. The number of methoxy groups -OCH3 is 1. The van der Waals surface area contributed by atoms with E-state index in [9.17, 15) is 4.79 Å². The van der Waals surface area contributed by atoms with Crippen molar-refractivity contribution in [3.63, 3.8) is 0 Å². The highest BCUT2D eigenvalue weighted by Crippen LogP contribution is 2.33. The molecular formula is C21H20Cl2N2O3S. The molecule has 0 atom stereocenters. The fraction of sp³-hybridized carbons (Fsp3) is 0.238. The first-order valence-electron chi connectivity index (χ1n) is 8.93. The average molecular weight is 451 g/mol. The van der Waals surface area contributed by atoms with E-state index in [1.807, 2.05) is 29.6 Å². The Morgan fingerprint density at radius 3 is 2.79 bits per heavy atom. The maximum absolute atomic E-state index is 12.5. The molecule has 0 radical (unpaired) electrons. The second-order valence-corrected chi connectivity index (χ2v) is 8.01. The number of hydrogen-bond donors (Lipinski definition) is 1. The fourth-order valence-corrected chi connectivity index (χ4v) is 3.94. The highest BCUT2D eigenvalue weighted by molar-refractivity contribution is 7.09. The summed E-state index contributed by atoms with van der Waals surface area (Å²) in [5.41, 5.74) is 2.32. The smallest absolute Gasteiger partial charge is 0.230 e. The van der Waals surface area contributed by atoms with Crippen LogP contribution in [0, 0.1) is 0 Å². The molecule has 5 nitrogen and oxygen atoms in total. The third-order valence-electron chi connectivity index (χ3n) is 3.96. The number of thiazole rings is 1. The molecule has 0 unspecified atom stereocenters. The predicted octanol–water partition coefficient (Wildman–Crippen LogP) is 5.25. The minimum Gasteiger partial charge on any atom is -0.487 e. The molecule has 1 N–H and O–H groups in total. The molecule has 0 aliphatic rings. The first-order valence-corrected chi connectivity index (χ1v) is 10.6. The van der Waals surface area contributed by atoms with Crippen LogP contribution < -0.4 is 10.1 Å². The lowest BCUT2D eigenvalue weighted by molar-refractivity contribution is -0.115. The zero-order valence-electron chi connectivity index (χ0n) is 15.8. The van der Waals surface area contributed by atoms with Gasteiger partial charge in [-0.25, -0.2) is 4.98 Å². The first-order chi connectivity index (χ1) is 14.0. The van der Waals surface area contributed by atoms with Crippen molar-refractivity contribution in [3.8, 4) is 5.75 Å². The maximum Gasteiger partial charge on any atom is 0.230 e. The summed E-state index contributed by atoms with van der Waals surface area (Å²) in [6, 6.07) is 12.9. The van der Waals surface area contributed by atoms with Gasteiger partial charge >= 0.3 is 0 Å². The van der Waals surface area contributed by atoms with Crippen LogP contribution in [-0.4, -0.2) is 31.2 Å². The average Bonchev–Trinajstić information content (AvgIpc) is 3.10. The quantitative estimate of drug-likeness (QED) is 0.452. The molecule has 29 heavy (non-hydrogen) atoms.